The third kappa shape index (κ3) is 15.3. The first-order valence-corrected chi connectivity index (χ1v) is 12.8. The number of hydrogen-bond donors (Lipinski definition) is 0. The molecule has 6 heteroatoms. The SMILES string of the molecule is Br.CCCC[N+](CCCC)(CCCC)CCCC.C[n+]1ccc(-c2cc[n+](C)cc2)cc1.[Cl-].[Cl-]. The molecule has 0 fully saturated rings. The minimum Gasteiger partial charge on any atom is -1.00 e. The number of hydrogen-bond acceptors (Lipinski definition) is 0. The van der Waals surface area contributed by atoms with Gasteiger partial charge in [0.25, 0.3) is 0 Å². The molecule has 0 aliphatic carbocycles. The molecule has 0 saturated carbocycles. The molecule has 0 aliphatic heterocycles. The van der Waals surface area contributed by atoms with Crippen molar-refractivity contribution in [3.63, 3.8) is 0 Å². The first-order chi connectivity index (χ1) is 15.0. The van der Waals surface area contributed by atoms with Crippen LogP contribution in [0.5, 0.6) is 0 Å². The Morgan fingerprint density at radius 2 is 0.765 bits per heavy atom. The van der Waals surface area contributed by atoms with Gasteiger partial charge in [-0.25, -0.2) is 9.13 Å². The van der Waals surface area contributed by atoms with Crippen molar-refractivity contribution in [3.8, 4) is 11.1 Å². The van der Waals surface area contributed by atoms with Crippen molar-refractivity contribution in [3.05, 3.63) is 49.1 Å². The summed E-state index contributed by atoms with van der Waals surface area (Å²) < 4.78 is 5.49. The van der Waals surface area contributed by atoms with Crippen molar-refractivity contribution in [2.24, 2.45) is 14.1 Å². The highest BCUT2D eigenvalue weighted by Crippen LogP contribution is 2.17. The van der Waals surface area contributed by atoms with Crippen molar-refractivity contribution in [1.82, 2.24) is 0 Å². The number of halogens is 3. The summed E-state index contributed by atoms with van der Waals surface area (Å²) in [5, 5.41) is 0. The summed E-state index contributed by atoms with van der Waals surface area (Å²) in [7, 11) is 4.05. The normalized spacial score (nSPS) is 10.2. The third-order valence-corrected chi connectivity index (χ3v) is 6.23. The lowest BCUT2D eigenvalue weighted by Crippen LogP contribution is -3.00. The number of quaternary nitrogens is 1. The minimum atomic E-state index is 0. The van der Waals surface area contributed by atoms with E-state index in [1.165, 1.54) is 93.2 Å². The lowest BCUT2D eigenvalue weighted by Gasteiger charge is -2.39. The summed E-state index contributed by atoms with van der Waals surface area (Å²) in [6.45, 7) is 15.0. The van der Waals surface area contributed by atoms with Crippen LogP contribution in [0.15, 0.2) is 49.1 Å². The van der Waals surface area contributed by atoms with Gasteiger partial charge in [0.2, 0.25) is 0 Å². The Kier molecular flexibility index (Phi) is 25.3. The van der Waals surface area contributed by atoms with Gasteiger partial charge in [-0.15, -0.1) is 17.0 Å². The predicted molar refractivity (Wildman–Crippen MR) is 144 cm³/mol. The molecule has 0 atom stereocenters. The predicted octanol–water partition coefficient (Wildman–Crippen LogP) is 0.592. The molecule has 0 amide bonds. The van der Waals surface area contributed by atoms with Crippen molar-refractivity contribution in [2.75, 3.05) is 26.2 Å². The van der Waals surface area contributed by atoms with Gasteiger partial charge in [0.05, 0.1) is 26.2 Å². The second kappa shape index (κ2) is 22.8. The van der Waals surface area contributed by atoms with Crippen molar-refractivity contribution in [1.29, 1.82) is 0 Å². The highest BCUT2D eigenvalue weighted by molar-refractivity contribution is 8.93. The van der Waals surface area contributed by atoms with Crippen LogP contribution in [0.4, 0.5) is 0 Å². The summed E-state index contributed by atoms with van der Waals surface area (Å²) in [6.07, 6.45) is 19.3. The molecule has 2 aromatic rings. The largest absolute Gasteiger partial charge is 1.00 e. The first kappa shape index (κ1) is 37.9. The number of aryl methyl sites for hydroxylation is 2. The van der Waals surface area contributed by atoms with E-state index in [2.05, 4.69) is 76.7 Å². The Morgan fingerprint density at radius 3 is 0.971 bits per heavy atom. The van der Waals surface area contributed by atoms with Gasteiger partial charge in [-0.3, -0.25) is 0 Å². The van der Waals surface area contributed by atoms with Gasteiger partial charge in [-0.05, 0) is 36.8 Å². The molecule has 3 nitrogen and oxygen atoms in total. The zero-order valence-electron chi connectivity index (χ0n) is 22.6. The molecular formula is C28H51BrCl2N3+. The Hall–Kier alpha value is -0.680. The van der Waals surface area contributed by atoms with E-state index in [1.54, 1.807) is 0 Å². The van der Waals surface area contributed by atoms with Crippen LogP contribution in [-0.2, 0) is 14.1 Å². The average molecular weight is 581 g/mol. The summed E-state index contributed by atoms with van der Waals surface area (Å²) >= 11 is 0. The van der Waals surface area contributed by atoms with Gasteiger partial charge >= 0.3 is 0 Å². The summed E-state index contributed by atoms with van der Waals surface area (Å²) in [6, 6.07) is 8.48. The van der Waals surface area contributed by atoms with Gasteiger partial charge in [0.1, 0.15) is 14.1 Å². The van der Waals surface area contributed by atoms with Crippen LogP contribution < -0.4 is 33.9 Å². The molecule has 34 heavy (non-hydrogen) atoms. The van der Waals surface area contributed by atoms with E-state index in [9.17, 15) is 0 Å². The Bertz CT molecular complexity index is 613. The Labute approximate surface area is 234 Å². The second-order valence-electron chi connectivity index (χ2n) is 9.15. The Morgan fingerprint density at radius 1 is 0.529 bits per heavy atom. The number of aromatic nitrogens is 2. The number of rotatable bonds is 13. The molecule has 0 unspecified atom stereocenters. The van der Waals surface area contributed by atoms with Gasteiger partial charge < -0.3 is 29.3 Å². The second-order valence-corrected chi connectivity index (χ2v) is 9.15. The molecule has 0 spiro atoms. The number of unbranched alkanes of at least 4 members (excludes halogenated alkanes) is 4. The highest BCUT2D eigenvalue weighted by Gasteiger charge is 2.24. The Balaban J connectivity index is -0.000000524. The maximum atomic E-state index is 2.33. The fourth-order valence-corrected chi connectivity index (χ4v) is 4.03. The van der Waals surface area contributed by atoms with Crippen molar-refractivity contribution >= 4 is 17.0 Å². The van der Waals surface area contributed by atoms with E-state index in [0.29, 0.717) is 0 Å². The van der Waals surface area contributed by atoms with Gasteiger partial charge in [-0.2, -0.15) is 0 Å². The fourth-order valence-electron chi connectivity index (χ4n) is 4.03. The molecule has 0 bridgehead atoms. The smallest absolute Gasteiger partial charge is 0.169 e. The van der Waals surface area contributed by atoms with E-state index in [4.69, 9.17) is 0 Å². The van der Waals surface area contributed by atoms with E-state index in [1.807, 2.05) is 23.2 Å². The fraction of sp³-hybridized carbons (Fsp3) is 0.643. The monoisotopic (exact) mass is 578 g/mol. The van der Waals surface area contributed by atoms with Crippen LogP contribution in [-0.4, -0.2) is 30.7 Å². The van der Waals surface area contributed by atoms with Gasteiger partial charge in [-0.1, -0.05) is 53.4 Å². The van der Waals surface area contributed by atoms with Gasteiger partial charge in [0.15, 0.2) is 24.8 Å². The maximum absolute atomic E-state index is 2.33. The third-order valence-electron chi connectivity index (χ3n) is 6.23. The topological polar surface area (TPSA) is 7.76 Å². The van der Waals surface area contributed by atoms with E-state index < -0.39 is 0 Å². The molecule has 198 valence electrons. The van der Waals surface area contributed by atoms with Crippen LogP contribution in [0.3, 0.4) is 0 Å². The number of pyridine rings is 2. The molecule has 0 saturated heterocycles. The van der Waals surface area contributed by atoms with Crippen LogP contribution >= 0.6 is 17.0 Å². The maximum Gasteiger partial charge on any atom is 0.169 e. The lowest BCUT2D eigenvalue weighted by atomic mass is 10.1. The molecule has 0 aliphatic rings. The zero-order chi connectivity index (χ0) is 23.0. The van der Waals surface area contributed by atoms with E-state index in [0.717, 1.165) is 0 Å². The first-order valence-electron chi connectivity index (χ1n) is 12.8. The molecule has 0 N–H and O–H groups in total. The molecule has 2 aromatic heterocycles. The summed E-state index contributed by atoms with van der Waals surface area (Å²) in [4.78, 5) is 0. The quantitative estimate of drug-likeness (QED) is 0.242. The zero-order valence-corrected chi connectivity index (χ0v) is 25.8. The summed E-state index contributed by atoms with van der Waals surface area (Å²) in [5.74, 6) is 0. The average Bonchev–Trinajstić information content (AvgIpc) is 2.80. The van der Waals surface area contributed by atoms with Crippen molar-refractivity contribution < 1.29 is 38.4 Å². The molecule has 2 heterocycles. The van der Waals surface area contributed by atoms with Crippen LogP contribution in [0.25, 0.3) is 11.1 Å². The van der Waals surface area contributed by atoms with Crippen LogP contribution in [0.2, 0.25) is 0 Å². The lowest BCUT2D eigenvalue weighted by molar-refractivity contribution is -0.929. The van der Waals surface area contributed by atoms with Crippen LogP contribution in [0.1, 0.15) is 79.1 Å². The molecular weight excluding hydrogens is 529 g/mol. The number of nitrogens with zero attached hydrogens (tertiary/aromatic N) is 3. The standard InChI is InChI=1S/C16H36N.C12H14N2.BrH.2ClH/c1-5-9-13-17(14-10-6-2,15-11-7-3)16-12-8-4;1-13-7-3-11(4-8-13)12-5-9-14(2)10-6-12;;;/h5-16H2,1-4H3;3-10H,1-2H3;3*1H/q+1;+2;;;/p-2. The van der Waals surface area contributed by atoms with Gasteiger partial charge in [0, 0.05) is 24.3 Å². The van der Waals surface area contributed by atoms with E-state index in [-0.39, 0.29) is 41.8 Å². The van der Waals surface area contributed by atoms with Crippen molar-refractivity contribution in [2.45, 2.75) is 79.1 Å². The minimum absolute atomic E-state index is 0. The molecule has 2 rings (SSSR count). The van der Waals surface area contributed by atoms with Crippen LogP contribution in [0, 0.1) is 0 Å². The summed E-state index contributed by atoms with van der Waals surface area (Å²) in [5.41, 5.74) is 2.51. The molecule has 0 radical (unpaired) electrons. The molecule has 0 aromatic carbocycles. The highest BCUT2D eigenvalue weighted by atomic mass is 79.9. The van der Waals surface area contributed by atoms with E-state index >= 15 is 0 Å².